The molecule has 2 rings (SSSR count). The second kappa shape index (κ2) is 5.42. The van der Waals surface area contributed by atoms with Crippen LogP contribution in [0.25, 0.3) is 0 Å². The zero-order chi connectivity index (χ0) is 12.3. The van der Waals surface area contributed by atoms with Crippen LogP contribution in [0, 0.1) is 24.2 Å². The van der Waals surface area contributed by atoms with Gasteiger partial charge in [-0.3, -0.25) is 0 Å². The number of nitrogens with zero attached hydrogens (tertiary/aromatic N) is 2. The summed E-state index contributed by atoms with van der Waals surface area (Å²) in [5, 5.41) is 9.49. The van der Waals surface area contributed by atoms with Crippen LogP contribution in [0.3, 0.4) is 0 Å². The van der Waals surface area contributed by atoms with Gasteiger partial charge in [0.05, 0.1) is 6.07 Å². The van der Waals surface area contributed by atoms with Crippen molar-refractivity contribution in [3.8, 4) is 6.07 Å². The van der Waals surface area contributed by atoms with E-state index in [1.807, 2.05) is 12.1 Å². The molecule has 2 nitrogen and oxygen atoms in total. The van der Waals surface area contributed by atoms with Crippen molar-refractivity contribution in [1.29, 1.82) is 5.26 Å². The van der Waals surface area contributed by atoms with Crippen LogP contribution in [-0.2, 0) is 0 Å². The predicted molar refractivity (Wildman–Crippen MR) is 71.4 cm³/mol. The number of benzene rings is 1. The van der Waals surface area contributed by atoms with Crippen LogP contribution in [0.15, 0.2) is 18.2 Å². The zero-order valence-electron chi connectivity index (χ0n) is 10.1. The molecule has 0 aliphatic carbocycles. The Morgan fingerprint density at radius 1 is 1.41 bits per heavy atom. The smallest absolute Gasteiger partial charge is 0.0624 e. The van der Waals surface area contributed by atoms with Crippen molar-refractivity contribution in [3.05, 3.63) is 28.8 Å². The first-order valence-corrected chi connectivity index (χ1v) is 6.46. The molecule has 1 aromatic rings. The molecule has 0 aromatic heterocycles. The molecule has 0 N–H and O–H groups in total. The largest absolute Gasteiger partial charge is 0.371 e. The van der Waals surface area contributed by atoms with Crippen LogP contribution >= 0.6 is 11.6 Å². The number of piperidine rings is 1. The average Bonchev–Trinajstić information content (AvgIpc) is 2.31. The second-order valence-electron chi connectivity index (χ2n) is 4.72. The van der Waals surface area contributed by atoms with Gasteiger partial charge in [0.1, 0.15) is 0 Å². The van der Waals surface area contributed by atoms with Gasteiger partial charge in [-0.25, -0.2) is 0 Å². The maximum absolute atomic E-state index is 8.70. The quantitative estimate of drug-likeness (QED) is 0.797. The van der Waals surface area contributed by atoms with Crippen molar-refractivity contribution >= 4 is 17.3 Å². The van der Waals surface area contributed by atoms with E-state index < -0.39 is 0 Å². The van der Waals surface area contributed by atoms with Crippen LogP contribution in [-0.4, -0.2) is 13.1 Å². The lowest BCUT2D eigenvalue weighted by molar-refractivity contribution is 0.412. The molecule has 1 aromatic carbocycles. The molecule has 1 saturated heterocycles. The van der Waals surface area contributed by atoms with Gasteiger partial charge in [-0.1, -0.05) is 11.6 Å². The van der Waals surface area contributed by atoms with Crippen LogP contribution in [0.2, 0.25) is 5.02 Å². The molecule has 0 radical (unpaired) electrons. The lowest BCUT2D eigenvalue weighted by Crippen LogP contribution is -2.33. The summed E-state index contributed by atoms with van der Waals surface area (Å²) >= 11 is 5.97. The van der Waals surface area contributed by atoms with Crippen molar-refractivity contribution in [2.45, 2.75) is 26.2 Å². The Labute approximate surface area is 108 Å². The molecule has 0 unspecified atom stereocenters. The fourth-order valence-electron chi connectivity index (χ4n) is 2.48. The van der Waals surface area contributed by atoms with Gasteiger partial charge in [0.15, 0.2) is 0 Å². The van der Waals surface area contributed by atoms with E-state index in [1.165, 1.54) is 11.3 Å². The third kappa shape index (κ3) is 2.92. The van der Waals surface area contributed by atoms with Gasteiger partial charge in [-0.15, -0.1) is 0 Å². The molecular formula is C14H17ClN2. The van der Waals surface area contributed by atoms with Crippen molar-refractivity contribution in [1.82, 2.24) is 0 Å². The number of nitriles is 1. The average molecular weight is 249 g/mol. The Bertz CT molecular complexity index is 428. The van der Waals surface area contributed by atoms with E-state index in [0.29, 0.717) is 12.3 Å². The molecule has 0 atom stereocenters. The van der Waals surface area contributed by atoms with E-state index in [1.54, 1.807) is 0 Å². The molecule has 1 fully saturated rings. The highest BCUT2D eigenvalue weighted by Gasteiger charge is 2.19. The van der Waals surface area contributed by atoms with E-state index in [-0.39, 0.29) is 0 Å². The fraction of sp³-hybridized carbons (Fsp3) is 0.500. The summed E-state index contributed by atoms with van der Waals surface area (Å²) in [4.78, 5) is 2.40. The van der Waals surface area contributed by atoms with Gasteiger partial charge >= 0.3 is 0 Å². The second-order valence-corrected chi connectivity index (χ2v) is 5.16. The Hall–Kier alpha value is -1.20. The fourth-order valence-corrected chi connectivity index (χ4v) is 2.71. The van der Waals surface area contributed by atoms with E-state index in [4.69, 9.17) is 16.9 Å². The maximum Gasteiger partial charge on any atom is 0.0624 e. The molecule has 3 heteroatoms. The van der Waals surface area contributed by atoms with Crippen LogP contribution in [0.4, 0.5) is 5.69 Å². The molecular weight excluding hydrogens is 232 g/mol. The van der Waals surface area contributed by atoms with Gasteiger partial charge in [0.2, 0.25) is 0 Å². The summed E-state index contributed by atoms with van der Waals surface area (Å²) < 4.78 is 0. The predicted octanol–water partition coefficient (Wildman–Crippen LogP) is 3.78. The normalized spacial score (nSPS) is 16.9. The summed E-state index contributed by atoms with van der Waals surface area (Å²) in [5.41, 5.74) is 2.51. The highest BCUT2D eigenvalue weighted by atomic mass is 35.5. The van der Waals surface area contributed by atoms with Gasteiger partial charge < -0.3 is 4.90 Å². The Kier molecular flexibility index (Phi) is 3.91. The summed E-state index contributed by atoms with van der Waals surface area (Å²) in [6.07, 6.45) is 2.94. The maximum atomic E-state index is 8.70. The summed E-state index contributed by atoms with van der Waals surface area (Å²) in [6, 6.07) is 8.34. The van der Waals surface area contributed by atoms with Gasteiger partial charge in [0, 0.05) is 30.2 Å². The zero-order valence-corrected chi connectivity index (χ0v) is 10.9. The number of hydrogen-bond donors (Lipinski definition) is 0. The minimum Gasteiger partial charge on any atom is -0.371 e. The summed E-state index contributed by atoms with van der Waals surface area (Å²) in [6.45, 7) is 4.20. The van der Waals surface area contributed by atoms with Crippen LogP contribution in [0.1, 0.15) is 24.8 Å². The van der Waals surface area contributed by atoms with Crippen LogP contribution in [0.5, 0.6) is 0 Å². The number of hydrogen-bond acceptors (Lipinski definition) is 2. The third-order valence-corrected chi connectivity index (χ3v) is 3.73. The third-order valence-electron chi connectivity index (χ3n) is 3.49. The first-order valence-electron chi connectivity index (χ1n) is 6.08. The number of aryl methyl sites for hydroxylation is 1. The van der Waals surface area contributed by atoms with Crippen molar-refractivity contribution in [3.63, 3.8) is 0 Å². The highest BCUT2D eigenvalue weighted by Crippen LogP contribution is 2.28. The summed E-state index contributed by atoms with van der Waals surface area (Å²) in [5.74, 6) is 0.587. The highest BCUT2D eigenvalue weighted by molar-refractivity contribution is 6.30. The molecule has 0 amide bonds. The SMILES string of the molecule is Cc1cc(Cl)ccc1N1CCC(CC#N)CC1. The Morgan fingerprint density at radius 2 is 2.12 bits per heavy atom. The number of anilines is 1. The van der Waals surface area contributed by atoms with Crippen molar-refractivity contribution in [2.24, 2.45) is 5.92 Å². The van der Waals surface area contributed by atoms with E-state index >= 15 is 0 Å². The van der Waals surface area contributed by atoms with Crippen molar-refractivity contribution in [2.75, 3.05) is 18.0 Å². The Morgan fingerprint density at radius 3 is 2.71 bits per heavy atom. The lowest BCUT2D eigenvalue weighted by Gasteiger charge is -2.33. The molecule has 0 spiro atoms. The minimum atomic E-state index is 0.587. The first kappa shape index (κ1) is 12.3. The summed E-state index contributed by atoms with van der Waals surface area (Å²) in [7, 11) is 0. The molecule has 1 aliphatic heterocycles. The Balaban J connectivity index is 2.03. The first-order chi connectivity index (χ1) is 8.20. The van der Waals surface area contributed by atoms with Gasteiger partial charge in [-0.05, 0) is 49.4 Å². The van der Waals surface area contributed by atoms with E-state index in [9.17, 15) is 0 Å². The van der Waals surface area contributed by atoms with E-state index in [2.05, 4.69) is 24.0 Å². The number of rotatable bonds is 2. The molecule has 17 heavy (non-hydrogen) atoms. The lowest BCUT2D eigenvalue weighted by atomic mass is 9.93. The molecule has 1 heterocycles. The molecule has 1 aliphatic rings. The topological polar surface area (TPSA) is 27.0 Å². The molecule has 0 saturated carbocycles. The van der Waals surface area contributed by atoms with Gasteiger partial charge in [0.25, 0.3) is 0 Å². The monoisotopic (exact) mass is 248 g/mol. The standard InChI is InChI=1S/C14H17ClN2/c1-11-10-13(15)2-3-14(11)17-8-5-12(4-7-16)6-9-17/h2-3,10,12H,4-6,8-9H2,1H3. The number of halogens is 1. The molecule has 0 bridgehead atoms. The van der Waals surface area contributed by atoms with Gasteiger partial charge in [-0.2, -0.15) is 5.26 Å². The molecule has 90 valence electrons. The minimum absolute atomic E-state index is 0.587. The van der Waals surface area contributed by atoms with E-state index in [0.717, 1.165) is 31.0 Å². The van der Waals surface area contributed by atoms with Crippen molar-refractivity contribution < 1.29 is 0 Å². The van der Waals surface area contributed by atoms with Crippen LogP contribution < -0.4 is 4.90 Å².